The van der Waals surface area contributed by atoms with Gasteiger partial charge in [0.2, 0.25) is 0 Å². The van der Waals surface area contributed by atoms with Crippen LogP contribution in [0, 0.1) is 0 Å². The zero-order valence-electron chi connectivity index (χ0n) is 8.51. The molecule has 0 heterocycles. The van der Waals surface area contributed by atoms with Crippen molar-refractivity contribution >= 4 is 15.9 Å². The second-order valence-electron chi connectivity index (χ2n) is 3.93. The van der Waals surface area contributed by atoms with Gasteiger partial charge in [0.15, 0.2) is 0 Å². The summed E-state index contributed by atoms with van der Waals surface area (Å²) in [4.78, 5) is 0. The molecule has 2 N–H and O–H groups in total. The van der Waals surface area contributed by atoms with E-state index in [2.05, 4.69) is 15.9 Å². The van der Waals surface area contributed by atoms with Crippen LogP contribution in [0.15, 0.2) is 28.7 Å². The summed E-state index contributed by atoms with van der Waals surface area (Å²) < 4.78 is 25.9. The minimum Gasteiger partial charge on any atom is -0.321 e. The summed E-state index contributed by atoms with van der Waals surface area (Å²) in [7, 11) is 0. The number of alkyl halides is 2. The summed E-state index contributed by atoms with van der Waals surface area (Å²) in [5.41, 5.74) is 5.11. The Bertz CT molecular complexity index is 309. The highest BCUT2D eigenvalue weighted by atomic mass is 79.9. The van der Waals surface area contributed by atoms with Crippen LogP contribution in [0.1, 0.15) is 18.9 Å². The summed E-state index contributed by atoms with van der Waals surface area (Å²) in [6.07, 6.45) is -1.62. The third-order valence-electron chi connectivity index (χ3n) is 2.36. The van der Waals surface area contributed by atoms with Crippen LogP contribution in [0.25, 0.3) is 0 Å². The van der Waals surface area contributed by atoms with Gasteiger partial charge in [0.25, 0.3) is 6.43 Å². The van der Waals surface area contributed by atoms with Crippen molar-refractivity contribution in [2.24, 2.45) is 5.73 Å². The van der Waals surface area contributed by atoms with Crippen LogP contribution in [-0.4, -0.2) is 12.0 Å². The largest absolute Gasteiger partial charge is 0.321 e. The molecule has 0 aliphatic heterocycles. The molecule has 0 spiro atoms. The minimum atomic E-state index is -2.48. The van der Waals surface area contributed by atoms with Gasteiger partial charge in [-0.15, -0.1) is 0 Å². The fourth-order valence-corrected chi connectivity index (χ4v) is 1.44. The zero-order chi connectivity index (χ0) is 11.5. The van der Waals surface area contributed by atoms with Crippen molar-refractivity contribution in [2.75, 3.05) is 0 Å². The van der Waals surface area contributed by atoms with E-state index in [0.29, 0.717) is 6.42 Å². The highest BCUT2D eigenvalue weighted by Crippen LogP contribution is 2.20. The molecule has 0 bridgehead atoms. The van der Waals surface area contributed by atoms with Gasteiger partial charge in [-0.2, -0.15) is 0 Å². The SMILES string of the molecule is CC(N)(CCc1ccc(Br)cc1)C(F)F. The van der Waals surface area contributed by atoms with E-state index in [9.17, 15) is 8.78 Å². The molecule has 0 aliphatic rings. The van der Waals surface area contributed by atoms with Gasteiger partial charge in [0.05, 0.1) is 5.54 Å². The zero-order valence-corrected chi connectivity index (χ0v) is 10.1. The molecule has 0 aromatic heterocycles. The quantitative estimate of drug-likeness (QED) is 0.897. The van der Waals surface area contributed by atoms with Gasteiger partial charge in [0, 0.05) is 4.47 Å². The van der Waals surface area contributed by atoms with Gasteiger partial charge in [-0.05, 0) is 37.5 Å². The number of benzene rings is 1. The van der Waals surface area contributed by atoms with Crippen LogP contribution < -0.4 is 5.73 Å². The molecule has 15 heavy (non-hydrogen) atoms. The molecule has 0 saturated heterocycles. The number of hydrogen-bond donors (Lipinski definition) is 1. The lowest BCUT2D eigenvalue weighted by Crippen LogP contribution is -2.44. The maximum atomic E-state index is 12.4. The van der Waals surface area contributed by atoms with E-state index in [1.54, 1.807) is 0 Å². The lowest BCUT2D eigenvalue weighted by atomic mass is 9.95. The van der Waals surface area contributed by atoms with E-state index in [1.807, 2.05) is 24.3 Å². The van der Waals surface area contributed by atoms with Gasteiger partial charge >= 0.3 is 0 Å². The average molecular weight is 278 g/mol. The van der Waals surface area contributed by atoms with Crippen molar-refractivity contribution < 1.29 is 8.78 Å². The lowest BCUT2D eigenvalue weighted by Gasteiger charge is -2.23. The number of rotatable bonds is 4. The van der Waals surface area contributed by atoms with Crippen LogP contribution in [0.5, 0.6) is 0 Å². The average Bonchev–Trinajstić information content (AvgIpc) is 2.17. The Balaban J connectivity index is 2.54. The maximum Gasteiger partial charge on any atom is 0.256 e. The fraction of sp³-hybridized carbons (Fsp3) is 0.455. The molecule has 1 aromatic carbocycles. The standard InChI is InChI=1S/C11H14BrF2N/c1-11(15,10(13)14)7-6-8-2-4-9(12)5-3-8/h2-5,10H,6-7,15H2,1H3. The summed E-state index contributed by atoms with van der Waals surface area (Å²) in [5.74, 6) is 0. The Labute approximate surface area is 96.8 Å². The van der Waals surface area contributed by atoms with Crippen molar-refractivity contribution in [3.8, 4) is 0 Å². The number of halogens is 3. The van der Waals surface area contributed by atoms with E-state index >= 15 is 0 Å². The first kappa shape index (κ1) is 12.6. The van der Waals surface area contributed by atoms with E-state index in [1.165, 1.54) is 6.92 Å². The van der Waals surface area contributed by atoms with Gasteiger partial charge in [-0.3, -0.25) is 0 Å². The van der Waals surface area contributed by atoms with Crippen molar-refractivity contribution in [3.63, 3.8) is 0 Å². The normalized spacial score (nSPS) is 15.3. The van der Waals surface area contributed by atoms with Crippen LogP contribution in [0.3, 0.4) is 0 Å². The van der Waals surface area contributed by atoms with Crippen LogP contribution >= 0.6 is 15.9 Å². The summed E-state index contributed by atoms with van der Waals surface area (Å²) in [6, 6.07) is 7.61. The molecule has 1 nitrogen and oxygen atoms in total. The monoisotopic (exact) mass is 277 g/mol. The Morgan fingerprint density at radius 1 is 1.33 bits per heavy atom. The van der Waals surface area contributed by atoms with Gasteiger partial charge in [0.1, 0.15) is 0 Å². The number of hydrogen-bond acceptors (Lipinski definition) is 1. The Kier molecular flexibility index (Phi) is 4.22. The molecule has 1 unspecified atom stereocenters. The Morgan fingerprint density at radius 2 is 1.87 bits per heavy atom. The van der Waals surface area contributed by atoms with Gasteiger partial charge < -0.3 is 5.73 Å². The second-order valence-corrected chi connectivity index (χ2v) is 4.85. The minimum absolute atomic E-state index is 0.284. The summed E-state index contributed by atoms with van der Waals surface area (Å²) in [6.45, 7) is 1.39. The van der Waals surface area contributed by atoms with Crippen LogP contribution in [0.4, 0.5) is 8.78 Å². The third-order valence-corrected chi connectivity index (χ3v) is 2.89. The van der Waals surface area contributed by atoms with E-state index in [-0.39, 0.29) is 6.42 Å². The number of aryl methyl sites for hydroxylation is 1. The van der Waals surface area contributed by atoms with Crippen molar-refractivity contribution in [2.45, 2.75) is 31.7 Å². The molecular formula is C11H14BrF2N. The highest BCUT2D eigenvalue weighted by molar-refractivity contribution is 9.10. The van der Waals surface area contributed by atoms with Crippen LogP contribution in [0.2, 0.25) is 0 Å². The molecule has 0 saturated carbocycles. The summed E-state index contributed by atoms with van der Waals surface area (Å²) >= 11 is 3.31. The maximum absolute atomic E-state index is 12.4. The van der Waals surface area contributed by atoms with E-state index in [4.69, 9.17) is 5.73 Å². The summed E-state index contributed by atoms with van der Waals surface area (Å²) in [5, 5.41) is 0. The lowest BCUT2D eigenvalue weighted by molar-refractivity contribution is 0.0591. The molecule has 0 radical (unpaired) electrons. The molecule has 0 aliphatic carbocycles. The predicted octanol–water partition coefficient (Wildman–Crippen LogP) is 3.36. The Morgan fingerprint density at radius 3 is 2.33 bits per heavy atom. The second kappa shape index (κ2) is 5.03. The van der Waals surface area contributed by atoms with Crippen molar-refractivity contribution in [1.82, 2.24) is 0 Å². The fourth-order valence-electron chi connectivity index (χ4n) is 1.17. The highest BCUT2D eigenvalue weighted by Gasteiger charge is 2.29. The van der Waals surface area contributed by atoms with Crippen molar-refractivity contribution in [3.05, 3.63) is 34.3 Å². The molecule has 0 fully saturated rings. The first-order valence-electron chi connectivity index (χ1n) is 4.73. The topological polar surface area (TPSA) is 26.0 Å². The van der Waals surface area contributed by atoms with E-state index in [0.717, 1.165) is 10.0 Å². The van der Waals surface area contributed by atoms with Gasteiger partial charge in [-0.1, -0.05) is 28.1 Å². The Hall–Kier alpha value is -0.480. The molecule has 1 atom stereocenters. The van der Waals surface area contributed by atoms with Gasteiger partial charge in [-0.25, -0.2) is 8.78 Å². The van der Waals surface area contributed by atoms with Crippen LogP contribution in [-0.2, 0) is 6.42 Å². The predicted molar refractivity (Wildman–Crippen MR) is 61.1 cm³/mol. The molecule has 1 rings (SSSR count). The first-order valence-corrected chi connectivity index (χ1v) is 5.52. The molecular weight excluding hydrogens is 264 g/mol. The number of nitrogens with two attached hydrogens (primary N) is 1. The molecule has 0 amide bonds. The molecule has 84 valence electrons. The van der Waals surface area contributed by atoms with Crippen molar-refractivity contribution in [1.29, 1.82) is 0 Å². The first-order chi connectivity index (χ1) is 6.92. The molecule has 4 heteroatoms. The smallest absolute Gasteiger partial charge is 0.256 e. The third kappa shape index (κ3) is 3.87. The molecule has 1 aromatic rings. The van der Waals surface area contributed by atoms with E-state index < -0.39 is 12.0 Å².